The number of pyridine rings is 1. The van der Waals surface area contributed by atoms with Crippen molar-refractivity contribution in [2.24, 2.45) is 0 Å². The Balaban J connectivity index is 1.61. The van der Waals surface area contributed by atoms with Crippen LogP contribution in [-0.4, -0.2) is 50.7 Å². The normalized spacial score (nSPS) is 20.9. The SMILES string of the molecule is CC(C)(C)OC(=O)N1CCC1n1ccc2c(CN3CCCC3)cc(Cl)nc21. The van der Waals surface area contributed by atoms with E-state index in [0.717, 1.165) is 37.1 Å². The van der Waals surface area contributed by atoms with Crippen molar-refractivity contribution in [1.82, 2.24) is 19.4 Å². The van der Waals surface area contributed by atoms with Gasteiger partial charge in [-0.05, 0) is 64.4 Å². The minimum Gasteiger partial charge on any atom is -0.444 e. The molecule has 0 spiro atoms. The average molecular weight is 391 g/mol. The summed E-state index contributed by atoms with van der Waals surface area (Å²) in [6, 6.07) is 4.06. The fraction of sp³-hybridized carbons (Fsp3) is 0.600. The van der Waals surface area contributed by atoms with Gasteiger partial charge in [0.05, 0.1) is 0 Å². The topological polar surface area (TPSA) is 50.6 Å². The molecule has 0 aromatic carbocycles. The Kier molecular flexibility index (Phi) is 4.80. The first-order valence-corrected chi connectivity index (χ1v) is 10.1. The summed E-state index contributed by atoms with van der Waals surface area (Å²) < 4.78 is 7.60. The van der Waals surface area contributed by atoms with E-state index in [1.807, 2.05) is 33.0 Å². The molecule has 6 nitrogen and oxygen atoms in total. The van der Waals surface area contributed by atoms with E-state index in [0.29, 0.717) is 11.7 Å². The number of rotatable bonds is 3. The predicted molar refractivity (Wildman–Crippen MR) is 106 cm³/mol. The summed E-state index contributed by atoms with van der Waals surface area (Å²) in [6.45, 7) is 9.52. The highest BCUT2D eigenvalue weighted by atomic mass is 35.5. The number of ether oxygens (including phenoxy) is 1. The molecule has 0 N–H and O–H groups in total. The highest BCUT2D eigenvalue weighted by Crippen LogP contribution is 2.34. The van der Waals surface area contributed by atoms with Crippen molar-refractivity contribution in [3.63, 3.8) is 0 Å². The number of likely N-dealkylation sites (tertiary alicyclic amines) is 2. The first kappa shape index (κ1) is 18.6. The van der Waals surface area contributed by atoms with Crippen molar-refractivity contribution in [2.75, 3.05) is 19.6 Å². The van der Waals surface area contributed by atoms with E-state index in [4.69, 9.17) is 16.3 Å². The van der Waals surface area contributed by atoms with Crippen LogP contribution in [0.15, 0.2) is 18.3 Å². The van der Waals surface area contributed by atoms with Crippen molar-refractivity contribution < 1.29 is 9.53 Å². The van der Waals surface area contributed by atoms with Gasteiger partial charge in [0, 0.05) is 31.1 Å². The third-order valence-corrected chi connectivity index (χ3v) is 5.46. The molecule has 2 aliphatic rings. The number of fused-ring (bicyclic) bond motifs is 1. The van der Waals surface area contributed by atoms with Gasteiger partial charge in [0.2, 0.25) is 0 Å². The molecule has 1 atom stereocenters. The van der Waals surface area contributed by atoms with Crippen LogP contribution in [0.5, 0.6) is 0 Å². The zero-order valence-corrected chi connectivity index (χ0v) is 17.0. The lowest BCUT2D eigenvalue weighted by molar-refractivity contribution is -0.0212. The maximum absolute atomic E-state index is 12.5. The monoisotopic (exact) mass is 390 g/mol. The third kappa shape index (κ3) is 3.78. The van der Waals surface area contributed by atoms with E-state index in [1.165, 1.54) is 18.4 Å². The Morgan fingerprint density at radius 1 is 1.30 bits per heavy atom. The summed E-state index contributed by atoms with van der Waals surface area (Å²) in [5.41, 5.74) is 1.55. The molecule has 0 saturated carbocycles. The van der Waals surface area contributed by atoms with E-state index < -0.39 is 5.60 Å². The Labute approximate surface area is 165 Å². The molecule has 2 aromatic heterocycles. The molecule has 2 saturated heterocycles. The largest absolute Gasteiger partial charge is 0.444 e. The Morgan fingerprint density at radius 3 is 2.67 bits per heavy atom. The number of hydrogen-bond donors (Lipinski definition) is 0. The molecule has 0 aliphatic carbocycles. The van der Waals surface area contributed by atoms with Gasteiger partial charge in [-0.15, -0.1) is 0 Å². The molecule has 7 heteroatoms. The number of hydrogen-bond acceptors (Lipinski definition) is 4. The van der Waals surface area contributed by atoms with Gasteiger partial charge < -0.3 is 9.30 Å². The lowest BCUT2D eigenvalue weighted by Crippen LogP contribution is -2.49. The van der Waals surface area contributed by atoms with Gasteiger partial charge >= 0.3 is 6.09 Å². The van der Waals surface area contributed by atoms with E-state index in [1.54, 1.807) is 4.90 Å². The summed E-state index contributed by atoms with van der Waals surface area (Å²) in [6.07, 6.45) is 5.08. The highest BCUT2D eigenvalue weighted by Gasteiger charge is 2.37. The zero-order valence-electron chi connectivity index (χ0n) is 16.2. The molecule has 4 heterocycles. The first-order valence-electron chi connectivity index (χ1n) is 9.70. The molecular formula is C20H27ClN4O2. The second-order valence-corrected chi connectivity index (χ2v) is 8.88. The molecule has 27 heavy (non-hydrogen) atoms. The summed E-state index contributed by atoms with van der Waals surface area (Å²) in [4.78, 5) is 21.3. The van der Waals surface area contributed by atoms with Gasteiger partial charge in [-0.3, -0.25) is 9.80 Å². The van der Waals surface area contributed by atoms with Gasteiger partial charge in [0.15, 0.2) is 0 Å². The van der Waals surface area contributed by atoms with Crippen LogP contribution in [-0.2, 0) is 11.3 Å². The molecular weight excluding hydrogens is 364 g/mol. The lowest BCUT2D eigenvalue weighted by Gasteiger charge is -2.42. The summed E-state index contributed by atoms with van der Waals surface area (Å²) in [7, 11) is 0. The molecule has 1 unspecified atom stereocenters. The maximum atomic E-state index is 12.5. The van der Waals surface area contributed by atoms with Crippen LogP contribution >= 0.6 is 11.6 Å². The van der Waals surface area contributed by atoms with Crippen molar-refractivity contribution in [3.05, 3.63) is 29.0 Å². The smallest absolute Gasteiger partial charge is 0.411 e. The molecule has 1 amide bonds. The highest BCUT2D eigenvalue weighted by molar-refractivity contribution is 6.29. The zero-order chi connectivity index (χ0) is 19.2. The molecule has 0 bridgehead atoms. The second-order valence-electron chi connectivity index (χ2n) is 8.49. The van der Waals surface area contributed by atoms with Gasteiger partial charge in [0.1, 0.15) is 22.6 Å². The average Bonchev–Trinajstić information content (AvgIpc) is 3.15. The maximum Gasteiger partial charge on any atom is 0.411 e. The second kappa shape index (κ2) is 6.99. The Morgan fingerprint density at radius 2 is 2.04 bits per heavy atom. The van der Waals surface area contributed by atoms with E-state index in [2.05, 4.69) is 20.5 Å². The van der Waals surface area contributed by atoms with Gasteiger partial charge in [0.25, 0.3) is 0 Å². The van der Waals surface area contributed by atoms with Crippen LogP contribution in [0.25, 0.3) is 11.0 Å². The van der Waals surface area contributed by atoms with Crippen LogP contribution in [0.2, 0.25) is 5.15 Å². The van der Waals surface area contributed by atoms with Crippen LogP contribution in [0, 0.1) is 0 Å². The number of halogens is 1. The minimum absolute atomic E-state index is 0.0667. The number of nitrogens with zero attached hydrogens (tertiary/aromatic N) is 4. The number of aromatic nitrogens is 2. The summed E-state index contributed by atoms with van der Waals surface area (Å²) >= 11 is 6.34. The number of carbonyl (C=O) groups is 1. The van der Waals surface area contributed by atoms with Crippen LogP contribution in [0.3, 0.4) is 0 Å². The van der Waals surface area contributed by atoms with Crippen molar-refractivity contribution in [3.8, 4) is 0 Å². The fourth-order valence-corrected chi connectivity index (χ4v) is 4.12. The standard InChI is InChI=1S/C20H27ClN4O2/c1-20(2,3)27-19(26)25-11-7-17(25)24-10-6-15-14(12-16(21)22-18(15)24)13-23-8-4-5-9-23/h6,10,12,17H,4-5,7-9,11,13H2,1-3H3. The van der Waals surface area contributed by atoms with Crippen molar-refractivity contribution in [2.45, 2.75) is 58.3 Å². The Hall–Kier alpha value is -1.79. The van der Waals surface area contributed by atoms with Gasteiger partial charge in [-0.25, -0.2) is 9.78 Å². The molecule has 4 rings (SSSR count). The minimum atomic E-state index is -0.500. The third-order valence-electron chi connectivity index (χ3n) is 5.27. The molecule has 2 aliphatic heterocycles. The number of amides is 1. The molecule has 2 fully saturated rings. The van der Waals surface area contributed by atoms with Gasteiger partial charge in [-0.1, -0.05) is 11.6 Å². The summed E-state index contributed by atoms with van der Waals surface area (Å²) in [5, 5.41) is 1.61. The fourth-order valence-electron chi connectivity index (χ4n) is 3.91. The first-order chi connectivity index (χ1) is 12.8. The lowest BCUT2D eigenvalue weighted by atomic mass is 10.1. The summed E-state index contributed by atoms with van der Waals surface area (Å²) in [5.74, 6) is 0. The van der Waals surface area contributed by atoms with Crippen LogP contribution < -0.4 is 0 Å². The molecule has 2 aromatic rings. The van der Waals surface area contributed by atoms with Crippen molar-refractivity contribution >= 4 is 28.7 Å². The molecule has 146 valence electrons. The van der Waals surface area contributed by atoms with Crippen molar-refractivity contribution in [1.29, 1.82) is 0 Å². The predicted octanol–water partition coefficient (Wildman–Crippen LogP) is 4.42. The van der Waals surface area contributed by atoms with E-state index >= 15 is 0 Å². The quantitative estimate of drug-likeness (QED) is 0.727. The Bertz CT molecular complexity index is 852. The number of carbonyl (C=O) groups excluding carboxylic acids is 1. The van der Waals surface area contributed by atoms with E-state index in [9.17, 15) is 4.79 Å². The van der Waals surface area contributed by atoms with Crippen LogP contribution in [0.4, 0.5) is 4.79 Å². The van der Waals surface area contributed by atoms with Crippen LogP contribution in [0.1, 0.15) is 51.8 Å². The molecule has 0 radical (unpaired) electrons. The van der Waals surface area contributed by atoms with E-state index in [-0.39, 0.29) is 12.3 Å². The van der Waals surface area contributed by atoms with Gasteiger partial charge in [-0.2, -0.15) is 0 Å².